The Labute approximate surface area is 75.3 Å². The van der Waals surface area contributed by atoms with Crippen molar-refractivity contribution in [3.05, 3.63) is 35.4 Å². The smallest absolute Gasteiger partial charge is 0.321 e. The molecule has 0 radical (unpaired) electrons. The number of benzene rings is 1. The number of carbonyl (C=O) groups is 2. The van der Waals surface area contributed by atoms with Crippen molar-refractivity contribution < 1.29 is 14.3 Å². The van der Waals surface area contributed by atoms with Crippen LogP contribution in [-0.4, -0.2) is 12.3 Å². The van der Waals surface area contributed by atoms with Gasteiger partial charge in [0.15, 0.2) is 0 Å². The van der Waals surface area contributed by atoms with Crippen molar-refractivity contribution in [3.63, 3.8) is 0 Å². The summed E-state index contributed by atoms with van der Waals surface area (Å²) >= 11 is 0. The zero-order valence-electron chi connectivity index (χ0n) is 6.90. The highest BCUT2D eigenvalue weighted by atomic mass is 16.5. The Morgan fingerprint density at radius 3 is 2.92 bits per heavy atom. The largest absolute Gasteiger partial charge is 0.460 e. The first-order valence-corrected chi connectivity index (χ1v) is 4.02. The summed E-state index contributed by atoms with van der Waals surface area (Å²) in [5.74, 6) is -1.18. The third-order valence-corrected chi connectivity index (χ3v) is 2.15. The summed E-state index contributed by atoms with van der Waals surface area (Å²) in [5.41, 5.74) is 1.69. The number of carbonyl (C=O) groups excluding carboxylic acids is 2. The van der Waals surface area contributed by atoms with Crippen LogP contribution in [0.25, 0.3) is 0 Å². The van der Waals surface area contributed by atoms with E-state index in [1.165, 1.54) is 0 Å². The minimum atomic E-state index is -0.732. The predicted octanol–water partition coefficient (Wildman–Crippen LogP) is 1.03. The molecule has 13 heavy (non-hydrogen) atoms. The van der Waals surface area contributed by atoms with Gasteiger partial charge < -0.3 is 9.53 Å². The number of hydrogen-bond donors (Lipinski definition) is 0. The van der Waals surface area contributed by atoms with Crippen molar-refractivity contribution in [2.75, 3.05) is 0 Å². The van der Waals surface area contributed by atoms with E-state index in [1.807, 2.05) is 18.2 Å². The van der Waals surface area contributed by atoms with Gasteiger partial charge in [-0.3, -0.25) is 4.79 Å². The second-order valence-corrected chi connectivity index (χ2v) is 2.92. The molecule has 0 spiro atoms. The van der Waals surface area contributed by atoms with Gasteiger partial charge in [-0.25, -0.2) is 0 Å². The molecule has 0 fully saturated rings. The number of rotatable bonds is 1. The van der Waals surface area contributed by atoms with E-state index in [0.29, 0.717) is 6.29 Å². The first-order valence-electron chi connectivity index (χ1n) is 4.02. The molecule has 1 heterocycles. The van der Waals surface area contributed by atoms with Crippen LogP contribution in [0.4, 0.5) is 0 Å². The lowest BCUT2D eigenvalue weighted by Crippen LogP contribution is -2.23. The van der Waals surface area contributed by atoms with Crippen LogP contribution in [0.1, 0.15) is 17.0 Å². The lowest BCUT2D eigenvalue weighted by molar-refractivity contribution is -0.149. The third-order valence-electron chi connectivity index (χ3n) is 2.15. The zero-order valence-corrected chi connectivity index (χ0v) is 6.90. The molecule has 1 unspecified atom stereocenters. The van der Waals surface area contributed by atoms with Crippen LogP contribution in [-0.2, 0) is 20.9 Å². The molecule has 1 atom stereocenters. The van der Waals surface area contributed by atoms with Gasteiger partial charge in [0.1, 0.15) is 18.8 Å². The van der Waals surface area contributed by atoms with Gasteiger partial charge in [0, 0.05) is 0 Å². The molecular weight excluding hydrogens is 168 g/mol. The number of hydrogen-bond acceptors (Lipinski definition) is 3. The maximum absolute atomic E-state index is 11.1. The van der Waals surface area contributed by atoms with Gasteiger partial charge in [-0.15, -0.1) is 0 Å². The van der Waals surface area contributed by atoms with Crippen molar-refractivity contribution in [1.82, 2.24) is 0 Å². The van der Waals surface area contributed by atoms with E-state index in [9.17, 15) is 9.59 Å². The van der Waals surface area contributed by atoms with Gasteiger partial charge in [-0.2, -0.15) is 0 Å². The summed E-state index contributed by atoms with van der Waals surface area (Å²) in [7, 11) is 0. The Morgan fingerprint density at radius 2 is 2.15 bits per heavy atom. The van der Waals surface area contributed by atoms with Crippen molar-refractivity contribution >= 4 is 12.3 Å². The molecule has 0 amide bonds. The predicted molar refractivity (Wildman–Crippen MR) is 45.0 cm³/mol. The topological polar surface area (TPSA) is 43.4 Å². The highest BCUT2D eigenvalue weighted by Gasteiger charge is 2.28. The van der Waals surface area contributed by atoms with Gasteiger partial charge in [0.25, 0.3) is 0 Å². The van der Waals surface area contributed by atoms with Gasteiger partial charge >= 0.3 is 5.97 Å². The monoisotopic (exact) mass is 176 g/mol. The highest BCUT2D eigenvalue weighted by Crippen LogP contribution is 2.25. The number of fused-ring (bicyclic) bond motifs is 1. The minimum Gasteiger partial charge on any atom is -0.460 e. The maximum Gasteiger partial charge on any atom is 0.321 e. The van der Waals surface area contributed by atoms with Crippen LogP contribution in [0, 0.1) is 0 Å². The summed E-state index contributed by atoms with van der Waals surface area (Å²) in [4.78, 5) is 21.8. The molecule has 1 aromatic rings. The Kier molecular flexibility index (Phi) is 1.85. The van der Waals surface area contributed by atoms with Gasteiger partial charge in [0.2, 0.25) is 0 Å². The van der Waals surface area contributed by atoms with Crippen LogP contribution >= 0.6 is 0 Å². The van der Waals surface area contributed by atoms with Crippen LogP contribution in [0.5, 0.6) is 0 Å². The second kappa shape index (κ2) is 3.01. The molecule has 0 aliphatic carbocycles. The van der Waals surface area contributed by atoms with E-state index in [2.05, 4.69) is 0 Å². The maximum atomic E-state index is 11.1. The highest BCUT2D eigenvalue weighted by molar-refractivity contribution is 5.95. The molecule has 1 aliphatic heterocycles. The fourth-order valence-corrected chi connectivity index (χ4v) is 1.46. The van der Waals surface area contributed by atoms with Crippen molar-refractivity contribution in [1.29, 1.82) is 0 Å². The van der Waals surface area contributed by atoms with Crippen LogP contribution in [0.3, 0.4) is 0 Å². The fourth-order valence-electron chi connectivity index (χ4n) is 1.46. The average molecular weight is 176 g/mol. The van der Waals surface area contributed by atoms with E-state index in [0.717, 1.165) is 11.1 Å². The Hall–Kier alpha value is -1.64. The summed E-state index contributed by atoms with van der Waals surface area (Å²) < 4.78 is 4.84. The van der Waals surface area contributed by atoms with Gasteiger partial charge in [-0.05, 0) is 11.1 Å². The normalized spacial score (nSPS) is 20.3. The van der Waals surface area contributed by atoms with E-state index in [4.69, 9.17) is 4.74 Å². The number of cyclic esters (lactones) is 1. The van der Waals surface area contributed by atoms with Gasteiger partial charge in [-0.1, -0.05) is 24.3 Å². The van der Waals surface area contributed by atoms with Crippen molar-refractivity contribution in [3.8, 4) is 0 Å². The average Bonchev–Trinajstić information content (AvgIpc) is 2.18. The first-order chi connectivity index (χ1) is 6.33. The molecule has 66 valence electrons. The molecule has 0 bridgehead atoms. The number of ether oxygens (including phenoxy) is 1. The van der Waals surface area contributed by atoms with Crippen LogP contribution in [0.2, 0.25) is 0 Å². The Morgan fingerprint density at radius 1 is 1.38 bits per heavy atom. The molecule has 3 nitrogen and oxygen atoms in total. The fraction of sp³-hybridized carbons (Fsp3) is 0.200. The Balaban J connectivity index is 2.50. The SMILES string of the molecule is O=CC1C(=O)OCc2ccccc21. The lowest BCUT2D eigenvalue weighted by atomic mass is 9.94. The van der Waals surface area contributed by atoms with Crippen molar-refractivity contribution in [2.45, 2.75) is 12.5 Å². The molecule has 0 saturated carbocycles. The molecular formula is C10H8O3. The third kappa shape index (κ3) is 1.22. The number of esters is 1. The second-order valence-electron chi connectivity index (χ2n) is 2.92. The molecule has 1 aromatic carbocycles. The van der Waals surface area contributed by atoms with E-state index in [1.54, 1.807) is 6.07 Å². The first kappa shape index (κ1) is 7.98. The van der Waals surface area contributed by atoms with Crippen LogP contribution < -0.4 is 0 Å². The summed E-state index contributed by atoms with van der Waals surface area (Å²) in [6.45, 7) is 0.277. The van der Waals surface area contributed by atoms with E-state index >= 15 is 0 Å². The molecule has 0 N–H and O–H groups in total. The minimum absolute atomic E-state index is 0.277. The van der Waals surface area contributed by atoms with Crippen LogP contribution in [0.15, 0.2) is 24.3 Å². The van der Waals surface area contributed by atoms with Crippen molar-refractivity contribution in [2.24, 2.45) is 0 Å². The molecule has 0 saturated heterocycles. The van der Waals surface area contributed by atoms with Gasteiger partial charge in [0.05, 0.1) is 0 Å². The summed E-state index contributed by atoms with van der Waals surface area (Å²) in [6, 6.07) is 7.32. The quantitative estimate of drug-likeness (QED) is 0.364. The molecule has 3 heteroatoms. The molecule has 2 rings (SSSR count). The van der Waals surface area contributed by atoms with E-state index < -0.39 is 11.9 Å². The standard InChI is InChI=1S/C10H8O3/c11-5-9-8-4-2-1-3-7(8)6-13-10(9)12/h1-5,9H,6H2. The summed E-state index contributed by atoms with van der Waals surface area (Å²) in [5, 5.41) is 0. The Bertz CT molecular complexity index is 357. The molecule has 1 aliphatic rings. The lowest BCUT2D eigenvalue weighted by Gasteiger charge is -2.20. The van der Waals surface area contributed by atoms with E-state index in [-0.39, 0.29) is 6.61 Å². The zero-order chi connectivity index (χ0) is 9.26. The summed E-state index contributed by atoms with van der Waals surface area (Å²) in [6.07, 6.45) is 0.625. The number of aldehydes is 1. The molecule has 0 aromatic heterocycles.